The molecule has 12 aromatic rings. The Kier molecular flexibility index (Phi) is 9.20. The molecule has 0 aliphatic rings. The van der Waals surface area contributed by atoms with Gasteiger partial charge in [-0.3, -0.25) is 0 Å². The fourth-order valence-electron chi connectivity index (χ4n) is 9.09. The first-order valence-corrected chi connectivity index (χ1v) is 21.9. The van der Waals surface area contributed by atoms with E-state index in [1.165, 1.54) is 43.1 Å². The van der Waals surface area contributed by atoms with Gasteiger partial charge in [-0.25, -0.2) is 9.97 Å². The van der Waals surface area contributed by atoms with Crippen LogP contribution >= 0.6 is 0 Å². The van der Waals surface area contributed by atoms with Crippen molar-refractivity contribution in [3.63, 3.8) is 0 Å². The van der Waals surface area contributed by atoms with Crippen molar-refractivity contribution in [3.05, 3.63) is 243 Å². The summed E-state index contributed by atoms with van der Waals surface area (Å²) in [6.07, 6.45) is 0. The van der Waals surface area contributed by atoms with E-state index in [4.69, 9.17) is 9.97 Å². The third kappa shape index (κ3) is 7.17. The lowest BCUT2D eigenvalue weighted by Crippen LogP contribution is -1.92. The molecule has 0 atom stereocenters. The molecule has 0 radical (unpaired) electrons. The highest BCUT2D eigenvalue weighted by Gasteiger charge is 2.14. The zero-order valence-electron chi connectivity index (χ0n) is 35.0. The largest absolute Gasteiger partial charge is 0.248 e. The number of hydrogen-bond acceptors (Lipinski definition) is 2. The van der Waals surface area contributed by atoms with Crippen LogP contribution in [0.15, 0.2) is 243 Å². The molecule has 64 heavy (non-hydrogen) atoms. The lowest BCUT2D eigenvalue weighted by molar-refractivity contribution is 1.33. The predicted octanol–water partition coefficient (Wildman–Crippen LogP) is 16.8. The summed E-state index contributed by atoms with van der Waals surface area (Å²) in [4.78, 5) is 10.6. The second kappa shape index (κ2) is 15.8. The van der Waals surface area contributed by atoms with Crippen LogP contribution in [-0.2, 0) is 0 Å². The van der Waals surface area contributed by atoms with E-state index in [1.54, 1.807) is 0 Å². The molecule has 0 aliphatic heterocycles. The van der Waals surface area contributed by atoms with Crippen molar-refractivity contribution in [3.8, 4) is 78.4 Å². The van der Waals surface area contributed by atoms with Gasteiger partial charge in [0.15, 0.2) is 0 Å². The maximum atomic E-state index is 5.28. The second-order valence-electron chi connectivity index (χ2n) is 16.7. The Labute approximate surface area is 372 Å². The summed E-state index contributed by atoms with van der Waals surface area (Å²) < 4.78 is 0. The highest BCUT2D eigenvalue weighted by molar-refractivity contribution is 5.92. The minimum atomic E-state index is 0.953. The molecule has 0 fully saturated rings. The van der Waals surface area contributed by atoms with Crippen LogP contribution in [0.25, 0.3) is 122 Å². The zero-order valence-corrected chi connectivity index (χ0v) is 35.0. The molecule has 2 heteroatoms. The molecular weight excluding hydrogens is 773 g/mol. The van der Waals surface area contributed by atoms with Gasteiger partial charge in [-0.05, 0) is 125 Å². The van der Waals surface area contributed by atoms with Crippen molar-refractivity contribution in [1.82, 2.24) is 9.97 Å². The Bertz CT molecular complexity index is 3270. The molecule has 0 bridgehead atoms. The summed E-state index contributed by atoms with van der Waals surface area (Å²) in [5.41, 5.74) is 15.1. The van der Waals surface area contributed by atoms with Crippen LogP contribution in [0, 0.1) is 0 Å². The van der Waals surface area contributed by atoms with Crippen molar-refractivity contribution in [2.45, 2.75) is 0 Å². The first-order chi connectivity index (χ1) is 31.6. The molecule has 0 amide bonds. The van der Waals surface area contributed by atoms with Gasteiger partial charge in [0, 0.05) is 22.3 Å². The maximum absolute atomic E-state index is 5.28. The summed E-state index contributed by atoms with van der Waals surface area (Å²) in [5.74, 6) is 0. The number of nitrogens with zero attached hydrogens (tertiary/aromatic N) is 2. The van der Waals surface area contributed by atoms with Crippen molar-refractivity contribution in [1.29, 1.82) is 0 Å². The molecule has 2 aromatic heterocycles. The van der Waals surface area contributed by atoms with E-state index >= 15 is 0 Å². The van der Waals surface area contributed by atoms with Crippen LogP contribution in [0.5, 0.6) is 0 Å². The smallest absolute Gasteiger partial charge is 0.0715 e. The average Bonchev–Trinajstić information content (AvgIpc) is 3.38. The number of benzene rings is 10. The Balaban J connectivity index is 0.894. The average molecular weight is 813 g/mol. The summed E-state index contributed by atoms with van der Waals surface area (Å²) in [6.45, 7) is 0. The Morgan fingerprint density at radius 1 is 0.156 bits per heavy atom. The SMILES string of the molecule is c1ccc2cc(-c3cc(-c4ccc(-c5ccc(-c6cc(-c7ccc8ccccc8c7)nc(-c7ccc8ccccc8c7)c6)cc5)cc4)cc(-c4ccc5ccccc5c4)n3)ccc2c1. The van der Waals surface area contributed by atoms with E-state index in [-0.39, 0.29) is 0 Å². The van der Waals surface area contributed by atoms with Crippen molar-refractivity contribution < 1.29 is 0 Å². The standard InChI is InChI=1S/C62H40N2/c1-5-13-49-33-53(29-25-41(49)9-1)59-37-57(38-60(63-59)54-30-26-42-10-2-6-14-50(42)34-54)47-21-17-45(18-22-47)46-19-23-48(24-20-46)58-39-61(55-31-27-43-11-3-7-15-51(43)35-55)64-62(40-58)56-32-28-44-12-4-8-16-52(44)36-56/h1-40H. The third-order valence-corrected chi connectivity index (χ3v) is 12.6. The summed E-state index contributed by atoms with van der Waals surface area (Å²) in [6, 6.07) is 87.3. The van der Waals surface area contributed by atoms with Crippen LogP contribution in [0.4, 0.5) is 0 Å². The topological polar surface area (TPSA) is 25.8 Å². The fraction of sp³-hybridized carbons (Fsp3) is 0. The van der Waals surface area contributed by atoms with Crippen molar-refractivity contribution in [2.24, 2.45) is 0 Å². The maximum Gasteiger partial charge on any atom is 0.0715 e. The molecule has 12 rings (SSSR count). The van der Waals surface area contributed by atoms with Gasteiger partial charge < -0.3 is 0 Å². The zero-order chi connectivity index (χ0) is 42.4. The van der Waals surface area contributed by atoms with Gasteiger partial charge in [-0.2, -0.15) is 0 Å². The monoisotopic (exact) mass is 812 g/mol. The highest BCUT2D eigenvalue weighted by Crippen LogP contribution is 2.36. The normalized spacial score (nSPS) is 11.4. The molecule has 10 aromatic carbocycles. The van der Waals surface area contributed by atoms with Gasteiger partial charge in [0.1, 0.15) is 0 Å². The number of aromatic nitrogens is 2. The molecule has 0 unspecified atom stereocenters. The molecule has 298 valence electrons. The van der Waals surface area contributed by atoms with E-state index in [0.717, 1.165) is 78.4 Å². The molecule has 0 spiro atoms. The van der Waals surface area contributed by atoms with E-state index < -0.39 is 0 Å². The summed E-state index contributed by atoms with van der Waals surface area (Å²) in [5, 5.41) is 9.69. The van der Waals surface area contributed by atoms with Crippen molar-refractivity contribution >= 4 is 43.1 Å². The summed E-state index contributed by atoms with van der Waals surface area (Å²) >= 11 is 0. The minimum absolute atomic E-state index is 0.953. The first kappa shape index (κ1) is 37.3. The van der Waals surface area contributed by atoms with Crippen LogP contribution in [0.3, 0.4) is 0 Å². The van der Waals surface area contributed by atoms with Gasteiger partial charge in [-0.1, -0.05) is 194 Å². The minimum Gasteiger partial charge on any atom is -0.248 e. The quantitative estimate of drug-likeness (QED) is 0.160. The Morgan fingerprint density at radius 3 is 0.609 bits per heavy atom. The molecule has 0 saturated carbocycles. The Hall–Kier alpha value is -8.46. The van der Waals surface area contributed by atoms with Crippen molar-refractivity contribution in [2.75, 3.05) is 0 Å². The lowest BCUT2D eigenvalue weighted by atomic mass is 9.95. The van der Waals surface area contributed by atoms with E-state index in [2.05, 4.69) is 243 Å². The van der Waals surface area contributed by atoms with Gasteiger partial charge in [0.05, 0.1) is 22.8 Å². The van der Waals surface area contributed by atoms with E-state index in [0.29, 0.717) is 0 Å². The molecule has 0 saturated heterocycles. The Morgan fingerprint density at radius 2 is 0.359 bits per heavy atom. The molecule has 2 nitrogen and oxygen atoms in total. The van der Waals surface area contributed by atoms with E-state index in [1.807, 2.05) is 0 Å². The van der Waals surface area contributed by atoms with Gasteiger partial charge in [0.25, 0.3) is 0 Å². The number of fused-ring (bicyclic) bond motifs is 4. The number of rotatable bonds is 7. The lowest BCUT2D eigenvalue weighted by Gasteiger charge is -2.13. The highest BCUT2D eigenvalue weighted by atomic mass is 14.7. The molecule has 2 heterocycles. The van der Waals surface area contributed by atoms with Crippen LogP contribution < -0.4 is 0 Å². The van der Waals surface area contributed by atoms with Crippen LogP contribution in [0.2, 0.25) is 0 Å². The third-order valence-electron chi connectivity index (χ3n) is 12.6. The molecular formula is C62H40N2. The van der Waals surface area contributed by atoms with Gasteiger partial charge in [0.2, 0.25) is 0 Å². The number of hydrogen-bond donors (Lipinski definition) is 0. The van der Waals surface area contributed by atoms with Gasteiger partial charge >= 0.3 is 0 Å². The van der Waals surface area contributed by atoms with Crippen LogP contribution in [0.1, 0.15) is 0 Å². The predicted molar refractivity (Wildman–Crippen MR) is 270 cm³/mol. The molecule has 0 aliphatic carbocycles. The number of pyridine rings is 2. The summed E-state index contributed by atoms with van der Waals surface area (Å²) in [7, 11) is 0. The van der Waals surface area contributed by atoms with Crippen LogP contribution in [-0.4, -0.2) is 9.97 Å². The molecule has 0 N–H and O–H groups in total. The first-order valence-electron chi connectivity index (χ1n) is 21.9. The second-order valence-corrected chi connectivity index (χ2v) is 16.7. The van der Waals surface area contributed by atoms with Gasteiger partial charge in [-0.15, -0.1) is 0 Å². The van der Waals surface area contributed by atoms with E-state index in [9.17, 15) is 0 Å². The fourth-order valence-corrected chi connectivity index (χ4v) is 9.09.